The third kappa shape index (κ3) is 4.24. The molecule has 0 bridgehead atoms. The summed E-state index contributed by atoms with van der Waals surface area (Å²) in [5.74, 6) is -0.427. The fourth-order valence-corrected chi connectivity index (χ4v) is 4.19. The molecule has 0 fully saturated rings. The molecule has 3 aromatic rings. The van der Waals surface area contributed by atoms with E-state index in [1.165, 1.54) is 34.1 Å². The lowest BCUT2D eigenvalue weighted by atomic mass is 10.3. The first-order chi connectivity index (χ1) is 13.4. The van der Waals surface area contributed by atoms with Crippen molar-refractivity contribution in [2.24, 2.45) is 0 Å². The van der Waals surface area contributed by atoms with Gasteiger partial charge in [0.25, 0.3) is 11.2 Å². The number of hydrogen-bond donors (Lipinski definition) is 1. The number of hydrogen-bond acceptors (Lipinski definition) is 7. The highest BCUT2D eigenvalue weighted by Crippen LogP contribution is 2.27. The zero-order valence-electron chi connectivity index (χ0n) is 14.3. The molecule has 0 aliphatic heterocycles. The van der Waals surface area contributed by atoms with E-state index in [0.717, 1.165) is 11.8 Å². The fourth-order valence-electron chi connectivity index (χ4n) is 2.39. The number of nitro benzene ring substituents is 1. The number of amides is 1. The molecule has 0 saturated heterocycles. The van der Waals surface area contributed by atoms with Gasteiger partial charge >= 0.3 is 0 Å². The van der Waals surface area contributed by atoms with Crippen LogP contribution < -0.4 is 10.9 Å². The van der Waals surface area contributed by atoms with Crippen molar-refractivity contribution in [1.29, 1.82) is 0 Å². The number of nitro groups is 1. The van der Waals surface area contributed by atoms with Crippen molar-refractivity contribution < 1.29 is 9.72 Å². The zero-order chi connectivity index (χ0) is 20.3. The van der Waals surface area contributed by atoms with Crippen LogP contribution in [0.25, 0.3) is 10.2 Å². The summed E-state index contributed by atoms with van der Waals surface area (Å²) in [6.07, 6.45) is 1.58. The number of aromatic nitrogens is 2. The number of fused-ring (bicyclic) bond motifs is 1. The van der Waals surface area contributed by atoms with Gasteiger partial charge in [-0.3, -0.25) is 24.3 Å². The maximum atomic E-state index is 12.6. The topological polar surface area (TPSA) is 107 Å². The van der Waals surface area contributed by atoms with Crippen LogP contribution in [0.3, 0.4) is 0 Å². The van der Waals surface area contributed by atoms with Gasteiger partial charge in [-0.2, -0.15) is 0 Å². The molecule has 0 saturated carbocycles. The fraction of sp³-hybridized carbons (Fsp3) is 0.118. The maximum Gasteiger partial charge on any atom is 0.289 e. The van der Waals surface area contributed by atoms with Crippen molar-refractivity contribution in [2.45, 2.75) is 11.7 Å². The van der Waals surface area contributed by atoms with Gasteiger partial charge in [-0.25, -0.2) is 4.98 Å². The van der Waals surface area contributed by atoms with E-state index in [-0.39, 0.29) is 34.3 Å². The molecule has 0 unspecified atom stereocenters. The molecular weight excluding hydrogens is 424 g/mol. The van der Waals surface area contributed by atoms with E-state index in [1.54, 1.807) is 17.5 Å². The molecule has 144 valence electrons. The number of thiophene rings is 1. The van der Waals surface area contributed by atoms with E-state index < -0.39 is 10.8 Å². The average molecular weight is 437 g/mol. The Balaban J connectivity index is 1.77. The van der Waals surface area contributed by atoms with Crippen LogP contribution in [-0.4, -0.2) is 26.1 Å². The third-order valence-corrected chi connectivity index (χ3v) is 5.72. The van der Waals surface area contributed by atoms with Crippen molar-refractivity contribution in [3.63, 3.8) is 0 Å². The molecule has 0 spiro atoms. The van der Waals surface area contributed by atoms with Crippen molar-refractivity contribution in [2.75, 3.05) is 11.1 Å². The van der Waals surface area contributed by atoms with Crippen molar-refractivity contribution in [3.05, 3.63) is 67.8 Å². The largest absolute Gasteiger partial charge is 0.325 e. The number of halogens is 1. The highest BCUT2D eigenvalue weighted by molar-refractivity contribution is 7.99. The molecule has 3 rings (SSSR count). The van der Waals surface area contributed by atoms with E-state index in [1.807, 2.05) is 0 Å². The molecule has 28 heavy (non-hydrogen) atoms. The summed E-state index contributed by atoms with van der Waals surface area (Å²) in [4.78, 5) is 40.2. The average Bonchev–Trinajstić information content (AvgIpc) is 3.13. The van der Waals surface area contributed by atoms with Gasteiger partial charge in [0.2, 0.25) is 5.91 Å². The highest BCUT2D eigenvalue weighted by atomic mass is 35.5. The second kappa shape index (κ2) is 8.55. The van der Waals surface area contributed by atoms with Crippen LogP contribution in [0.2, 0.25) is 5.02 Å². The van der Waals surface area contributed by atoms with E-state index >= 15 is 0 Å². The van der Waals surface area contributed by atoms with E-state index in [0.29, 0.717) is 15.4 Å². The number of nitrogens with one attached hydrogen (secondary N) is 1. The normalized spacial score (nSPS) is 10.8. The Morgan fingerprint density at radius 3 is 2.96 bits per heavy atom. The lowest BCUT2D eigenvalue weighted by molar-refractivity contribution is -0.384. The summed E-state index contributed by atoms with van der Waals surface area (Å²) < 4.78 is 1.45. The van der Waals surface area contributed by atoms with Gasteiger partial charge < -0.3 is 5.32 Å². The molecule has 0 aliphatic rings. The monoisotopic (exact) mass is 436 g/mol. The third-order valence-electron chi connectivity index (χ3n) is 3.62. The molecule has 2 heterocycles. The lowest BCUT2D eigenvalue weighted by Gasteiger charge is -2.10. The second-order valence-electron chi connectivity index (χ2n) is 5.50. The predicted molar refractivity (Wildman–Crippen MR) is 112 cm³/mol. The number of anilines is 1. The minimum Gasteiger partial charge on any atom is -0.325 e. The molecular formula is C17H13ClN4O4S2. The minimum absolute atomic E-state index is 0.0146. The summed E-state index contributed by atoms with van der Waals surface area (Å²) in [6, 6.07) is 5.72. The lowest BCUT2D eigenvalue weighted by Crippen LogP contribution is -2.23. The summed E-state index contributed by atoms with van der Waals surface area (Å²) in [6.45, 7) is 3.92. The number of carbonyl (C=O) groups is 1. The summed E-state index contributed by atoms with van der Waals surface area (Å²) in [5.41, 5.74) is -0.231. The van der Waals surface area contributed by atoms with Crippen LogP contribution in [0.1, 0.15) is 0 Å². The van der Waals surface area contributed by atoms with Crippen LogP contribution in [0.15, 0.2) is 52.3 Å². The van der Waals surface area contributed by atoms with Gasteiger partial charge in [0.05, 0.1) is 16.1 Å². The molecule has 1 aromatic carbocycles. The van der Waals surface area contributed by atoms with E-state index in [9.17, 15) is 19.7 Å². The predicted octanol–water partition coefficient (Wildman–Crippen LogP) is 3.94. The quantitative estimate of drug-likeness (QED) is 0.197. The van der Waals surface area contributed by atoms with Crippen LogP contribution in [-0.2, 0) is 11.3 Å². The van der Waals surface area contributed by atoms with Crippen LogP contribution in [0, 0.1) is 10.1 Å². The second-order valence-corrected chi connectivity index (χ2v) is 7.74. The first kappa shape index (κ1) is 20.1. The van der Waals surface area contributed by atoms with Crippen molar-refractivity contribution in [1.82, 2.24) is 9.55 Å². The SMILES string of the molecule is C=CCn1c(SCC(=O)Nc2ccc(Cl)c([N+](=O)[O-])c2)nc2sccc2c1=O. The van der Waals surface area contributed by atoms with Gasteiger partial charge in [0, 0.05) is 18.3 Å². The summed E-state index contributed by atoms with van der Waals surface area (Å²) in [5, 5.41) is 16.2. The number of rotatable bonds is 7. The number of allylic oxidation sites excluding steroid dienone is 1. The maximum absolute atomic E-state index is 12.6. The molecule has 0 radical (unpaired) electrons. The van der Waals surface area contributed by atoms with Crippen molar-refractivity contribution in [3.8, 4) is 0 Å². The first-order valence-electron chi connectivity index (χ1n) is 7.86. The molecule has 11 heteroatoms. The standard InChI is InChI=1S/C17H13ClN4O4S2/c1-2-6-21-16(24)11-5-7-27-15(11)20-17(21)28-9-14(23)19-10-3-4-12(18)13(8-10)22(25)26/h2-5,7-8H,1,6,9H2,(H,19,23). The summed E-state index contributed by atoms with van der Waals surface area (Å²) in [7, 11) is 0. The van der Waals surface area contributed by atoms with Crippen molar-refractivity contribution >= 4 is 62.2 Å². The number of carbonyl (C=O) groups excluding carboxylic acids is 1. The van der Waals surface area contributed by atoms with Gasteiger partial charge in [0.1, 0.15) is 9.85 Å². The van der Waals surface area contributed by atoms with Gasteiger partial charge in [-0.1, -0.05) is 29.4 Å². The van der Waals surface area contributed by atoms with E-state index in [4.69, 9.17) is 11.6 Å². The molecule has 0 atom stereocenters. The molecule has 1 amide bonds. The Hall–Kier alpha value is -2.69. The minimum atomic E-state index is -0.624. The number of thioether (sulfide) groups is 1. The van der Waals surface area contributed by atoms with Gasteiger partial charge in [-0.15, -0.1) is 17.9 Å². The Labute approximate surface area is 172 Å². The Bertz CT molecular complexity index is 1140. The number of nitrogens with zero attached hydrogens (tertiary/aromatic N) is 3. The Kier molecular flexibility index (Phi) is 6.12. The molecule has 0 aliphatic carbocycles. The van der Waals surface area contributed by atoms with Crippen LogP contribution in [0.5, 0.6) is 0 Å². The first-order valence-corrected chi connectivity index (χ1v) is 10.1. The highest BCUT2D eigenvalue weighted by Gasteiger charge is 2.16. The van der Waals surface area contributed by atoms with Crippen LogP contribution in [0.4, 0.5) is 11.4 Å². The Morgan fingerprint density at radius 1 is 1.46 bits per heavy atom. The molecule has 2 aromatic heterocycles. The van der Waals surface area contributed by atoms with Crippen LogP contribution >= 0.6 is 34.7 Å². The zero-order valence-corrected chi connectivity index (χ0v) is 16.6. The summed E-state index contributed by atoms with van der Waals surface area (Å²) >= 11 is 8.21. The Morgan fingerprint density at radius 2 is 2.25 bits per heavy atom. The number of benzene rings is 1. The van der Waals surface area contributed by atoms with E-state index in [2.05, 4.69) is 16.9 Å². The molecule has 1 N–H and O–H groups in total. The van der Waals surface area contributed by atoms with Gasteiger partial charge in [0.15, 0.2) is 5.16 Å². The molecule has 8 nitrogen and oxygen atoms in total. The smallest absolute Gasteiger partial charge is 0.289 e. The van der Waals surface area contributed by atoms with Gasteiger partial charge in [-0.05, 0) is 23.6 Å².